The largest absolute Gasteiger partial charge is 0.485 e. The lowest BCUT2D eigenvalue weighted by molar-refractivity contribution is -0.0838. The predicted octanol–water partition coefficient (Wildman–Crippen LogP) is 1.33. The summed E-state index contributed by atoms with van der Waals surface area (Å²) in [5, 5.41) is 29.6. The summed E-state index contributed by atoms with van der Waals surface area (Å²) >= 11 is 0. The standard InChI is InChI=1S/C18H18O4/c19-9-16-18(21)17(20)14-7-12-5-10-3-1-2-4-11(10)6-13(12)8-15(14)22-16/h1-4,7-8,16-21H,5-6,9H2/t16-,17-,18?/m1/s1. The van der Waals surface area contributed by atoms with Gasteiger partial charge in [0.25, 0.3) is 0 Å². The van der Waals surface area contributed by atoms with Crippen molar-refractivity contribution in [1.82, 2.24) is 0 Å². The molecule has 22 heavy (non-hydrogen) atoms. The van der Waals surface area contributed by atoms with Crippen LogP contribution in [0.3, 0.4) is 0 Å². The zero-order valence-electron chi connectivity index (χ0n) is 12.1. The van der Waals surface area contributed by atoms with Gasteiger partial charge in [-0.25, -0.2) is 0 Å². The van der Waals surface area contributed by atoms with Gasteiger partial charge in [0.05, 0.1) is 6.61 Å². The summed E-state index contributed by atoms with van der Waals surface area (Å²) in [5.41, 5.74) is 5.56. The maximum atomic E-state index is 10.3. The Bertz CT molecular complexity index is 725. The monoisotopic (exact) mass is 298 g/mol. The number of aliphatic hydroxyl groups excluding tert-OH is 3. The number of benzene rings is 2. The Morgan fingerprint density at radius 2 is 1.59 bits per heavy atom. The second-order valence-electron chi connectivity index (χ2n) is 6.06. The molecule has 0 fully saturated rings. The average molecular weight is 298 g/mol. The highest BCUT2D eigenvalue weighted by molar-refractivity contribution is 5.52. The molecular weight excluding hydrogens is 280 g/mol. The molecule has 0 aromatic heterocycles. The van der Waals surface area contributed by atoms with Crippen molar-refractivity contribution in [2.24, 2.45) is 0 Å². The van der Waals surface area contributed by atoms with Crippen molar-refractivity contribution in [3.63, 3.8) is 0 Å². The number of ether oxygens (including phenoxy) is 1. The van der Waals surface area contributed by atoms with Crippen LogP contribution in [0.5, 0.6) is 5.75 Å². The van der Waals surface area contributed by atoms with Gasteiger partial charge in [-0.1, -0.05) is 24.3 Å². The van der Waals surface area contributed by atoms with Gasteiger partial charge < -0.3 is 20.1 Å². The summed E-state index contributed by atoms with van der Waals surface area (Å²) in [6, 6.07) is 12.2. The van der Waals surface area contributed by atoms with Crippen LogP contribution in [-0.2, 0) is 12.8 Å². The molecule has 0 amide bonds. The minimum atomic E-state index is -1.11. The van der Waals surface area contributed by atoms with Gasteiger partial charge in [-0.2, -0.15) is 0 Å². The smallest absolute Gasteiger partial charge is 0.150 e. The third kappa shape index (κ3) is 2.03. The van der Waals surface area contributed by atoms with E-state index in [-0.39, 0.29) is 6.61 Å². The molecule has 114 valence electrons. The molecule has 1 aliphatic heterocycles. The number of hydrogen-bond acceptors (Lipinski definition) is 4. The Balaban J connectivity index is 1.77. The Kier molecular flexibility index (Phi) is 3.18. The molecule has 0 bridgehead atoms. The number of aliphatic hydroxyl groups is 3. The van der Waals surface area contributed by atoms with E-state index in [4.69, 9.17) is 4.74 Å². The summed E-state index contributed by atoms with van der Waals surface area (Å²) in [5.74, 6) is 0.565. The zero-order chi connectivity index (χ0) is 15.3. The van der Waals surface area contributed by atoms with Gasteiger partial charge in [0, 0.05) is 5.56 Å². The second kappa shape index (κ2) is 5.09. The number of fused-ring (bicyclic) bond motifs is 3. The van der Waals surface area contributed by atoms with Crippen molar-refractivity contribution < 1.29 is 20.1 Å². The fraction of sp³-hybridized carbons (Fsp3) is 0.333. The van der Waals surface area contributed by atoms with Crippen LogP contribution in [0.2, 0.25) is 0 Å². The Morgan fingerprint density at radius 3 is 2.23 bits per heavy atom. The lowest BCUT2D eigenvalue weighted by Crippen LogP contribution is -2.43. The molecule has 0 spiro atoms. The van der Waals surface area contributed by atoms with Gasteiger partial charge in [-0.15, -0.1) is 0 Å². The maximum Gasteiger partial charge on any atom is 0.150 e. The normalized spacial score (nSPS) is 25.7. The van der Waals surface area contributed by atoms with E-state index in [1.807, 2.05) is 24.3 Å². The van der Waals surface area contributed by atoms with Crippen LogP contribution < -0.4 is 4.74 Å². The molecule has 0 saturated carbocycles. The van der Waals surface area contributed by atoms with E-state index < -0.39 is 18.3 Å². The lowest BCUT2D eigenvalue weighted by Gasteiger charge is -2.34. The third-order valence-corrected chi connectivity index (χ3v) is 4.69. The van der Waals surface area contributed by atoms with Gasteiger partial charge >= 0.3 is 0 Å². The molecule has 4 nitrogen and oxygen atoms in total. The van der Waals surface area contributed by atoms with E-state index in [0.717, 1.165) is 18.4 Å². The summed E-state index contributed by atoms with van der Waals surface area (Å²) in [6.45, 7) is -0.322. The molecule has 2 aromatic rings. The van der Waals surface area contributed by atoms with Crippen molar-refractivity contribution in [2.45, 2.75) is 31.2 Å². The van der Waals surface area contributed by atoms with Gasteiger partial charge in [-0.05, 0) is 47.2 Å². The van der Waals surface area contributed by atoms with Gasteiger partial charge in [0.15, 0.2) is 6.10 Å². The first kappa shape index (κ1) is 13.8. The summed E-state index contributed by atoms with van der Waals surface area (Å²) in [6.07, 6.45) is -1.25. The van der Waals surface area contributed by atoms with Crippen LogP contribution in [0.15, 0.2) is 36.4 Å². The first-order valence-electron chi connectivity index (χ1n) is 7.53. The van der Waals surface area contributed by atoms with Crippen molar-refractivity contribution in [1.29, 1.82) is 0 Å². The number of hydrogen-bond donors (Lipinski definition) is 3. The van der Waals surface area contributed by atoms with E-state index in [9.17, 15) is 15.3 Å². The van der Waals surface area contributed by atoms with Crippen LogP contribution in [0, 0.1) is 0 Å². The summed E-state index contributed by atoms with van der Waals surface area (Å²) < 4.78 is 5.66. The molecule has 4 heteroatoms. The molecule has 2 aromatic carbocycles. The molecule has 3 N–H and O–H groups in total. The third-order valence-electron chi connectivity index (χ3n) is 4.69. The Hall–Kier alpha value is -1.88. The van der Waals surface area contributed by atoms with Crippen LogP contribution in [0.1, 0.15) is 33.9 Å². The fourth-order valence-corrected chi connectivity index (χ4v) is 3.43. The highest BCUT2D eigenvalue weighted by Gasteiger charge is 2.36. The second-order valence-corrected chi connectivity index (χ2v) is 6.06. The van der Waals surface area contributed by atoms with Crippen molar-refractivity contribution in [3.8, 4) is 5.75 Å². The lowest BCUT2D eigenvalue weighted by atomic mass is 9.83. The van der Waals surface area contributed by atoms with Gasteiger partial charge in [-0.3, -0.25) is 0 Å². The average Bonchev–Trinajstić information content (AvgIpc) is 2.55. The molecule has 0 radical (unpaired) electrons. The van der Waals surface area contributed by atoms with Crippen molar-refractivity contribution in [2.75, 3.05) is 6.61 Å². The van der Waals surface area contributed by atoms with E-state index in [0.29, 0.717) is 11.3 Å². The van der Waals surface area contributed by atoms with Crippen LogP contribution in [0.25, 0.3) is 0 Å². The van der Waals surface area contributed by atoms with Crippen LogP contribution in [-0.4, -0.2) is 34.1 Å². The van der Waals surface area contributed by atoms with E-state index in [2.05, 4.69) is 12.1 Å². The minimum absolute atomic E-state index is 0.322. The highest BCUT2D eigenvalue weighted by atomic mass is 16.5. The summed E-state index contributed by atoms with van der Waals surface area (Å²) in [7, 11) is 0. The fourth-order valence-electron chi connectivity index (χ4n) is 3.43. The maximum absolute atomic E-state index is 10.3. The minimum Gasteiger partial charge on any atom is -0.485 e. The summed E-state index contributed by atoms with van der Waals surface area (Å²) in [4.78, 5) is 0. The van der Waals surface area contributed by atoms with Gasteiger partial charge in [0.2, 0.25) is 0 Å². The predicted molar refractivity (Wildman–Crippen MR) is 81.0 cm³/mol. The Labute approximate surface area is 128 Å². The number of rotatable bonds is 1. The Morgan fingerprint density at radius 1 is 0.955 bits per heavy atom. The van der Waals surface area contributed by atoms with Crippen molar-refractivity contribution in [3.05, 3.63) is 64.2 Å². The quantitative estimate of drug-likeness (QED) is 0.634. The highest BCUT2D eigenvalue weighted by Crippen LogP contribution is 2.39. The van der Waals surface area contributed by atoms with E-state index in [1.54, 1.807) is 0 Å². The molecule has 4 rings (SSSR count). The molecule has 1 aliphatic carbocycles. The molecule has 2 aliphatic rings. The van der Waals surface area contributed by atoms with E-state index in [1.165, 1.54) is 16.7 Å². The molecule has 3 atom stereocenters. The molecule has 0 saturated heterocycles. The van der Waals surface area contributed by atoms with E-state index >= 15 is 0 Å². The zero-order valence-corrected chi connectivity index (χ0v) is 12.1. The molecular formula is C18H18O4. The first-order chi connectivity index (χ1) is 10.7. The molecule has 1 unspecified atom stereocenters. The SMILES string of the molecule is OC[C@H]1Oc2cc3c(cc2[C@@H](O)C1O)Cc1ccccc1C3. The van der Waals surface area contributed by atoms with Crippen molar-refractivity contribution >= 4 is 0 Å². The first-order valence-corrected chi connectivity index (χ1v) is 7.53. The molecule has 1 heterocycles. The van der Waals surface area contributed by atoms with Gasteiger partial charge in [0.1, 0.15) is 18.0 Å². The van der Waals surface area contributed by atoms with Crippen LogP contribution >= 0.6 is 0 Å². The topological polar surface area (TPSA) is 69.9 Å². The van der Waals surface area contributed by atoms with Crippen LogP contribution in [0.4, 0.5) is 0 Å².